The Balaban J connectivity index is 2.26. The summed E-state index contributed by atoms with van der Waals surface area (Å²) >= 11 is 0. The Bertz CT molecular complexity index is 759. The van der Waals surface area contributed by atoms with Crippen LogP contribution in [0.4, 0.5) is 15.8 Å². The predicted octanol–water partition coefficient (Wildman–Crippen LogP) is 3.35. The Hall–Kier alpha value is -2.89. The van der Waals surface area contributed by atoms with E-state index in [1.165, 1.54) is 32.2 Å². The maximum absolute atomic E-state index is 13.4. The van der Waals surface area contributed by atoms with Crippen molar-refractivity contribution in [1.82, 2.24) is 0 Å². The fourth-order valence-corrected chi connectivity index (χ4v) is 2.14. The topological polar surface area (TPSA) is 67.4 Å². The van der Waals surface area contributed by atoms with E-state index < -0.39 is 5.82 Å². The van der Waals surface area contributed by atoms with Gasteiger partial charge in [-0.05, 0) is 36.8 Å². The summed E-state index contributed by atoms with van der Waals surface area (Å²) in [7, 11) is 1.35. The van der Waals surface area contributed by atoms with Crippen molar-refractivity contribution >= 4 is 23.2 Å². The molecule has 120 valence electrons. The molecule has 0 aliphatic carbocycles. The SMILES string of the molecule is COc1cc(NC(=O)c2cccc(NC(C)=O)c2C)ccc1F. The normalized spacial score (nSPS) is 10.1. The number of nitrogens with one attached hydrogen (secondary N) is 2. The van der Waals surface area contributed by atoms with Crippen molar-refractivity contribution in [2.45, 2.75) is 13.8 Å². The predicted molar refractivity (Wildman–Crippen MR) is 86.4 cm³/mol. The van der Waals surface area contributed by atoms with Crippen molar-refractivity contribution in [3.05, 3.63) is 53.3 Å². The molecular weight excluding hydrogens is 299 g/mol. The summed E-state index contributed by atoms with van der Waals surface area (Å²) < 4.78 is 18.3. The molecule has 0 fully saturated rings. The lowest BCUT2D eigenvalue weighted by molar-refractivity contribution is -0.114. The minimum Gasteiger partial charge on any atom is -0.494 e. The third kappa shape index (κ3) is 3.85. The highest BCUT2D eigenvalue weighted by molar-refractivity contribution is 6.06. The van der Waals surface area contributed by atoms with Crippen LogP contribution < -0.4 is 15.4 Å². The second-order valence-electron chi connectivity index (χ2n) is 4.96. The van der Waals surface area contributed by atoms with E-state index >= 15 is 0 Å². The van der Waals surface area contributed by atoms with Gasteiger partial charge >= 0.3 is 0 Å². The maximum atomic E-state index is 13.4. The third-order valence-electron chi connectivity index (χ3n) is 3.30. The molecule has 0 heterocycles. The van der Waals surface area contributed by atoms with Crippen LogP contribution in [0.25, 0.3) is 0 Å². The van der Waals surface area contributed by atoms with E-state index in [1.807, 2.05) is 0 Å². The molecular formula is C17H17FN2O3. The summed E-state index contributed by atoms with van der Waals surface area (Å²) in [4.78, 5) is 23.6. The Labute approximate surface area is 133 Å². The number of halogens is 1. The van der Waals surface area contributed by atoms with Crippen LogP contribution in [0.3, 0.4) is 0 Å². The van der Waals surface area contributed by atoms with Gasteiger partial charge in [-0.2, -0.15) is 0 Å². The number of hydrogen-bond donors (Lipinski definition) is 2. The third-order valence-corrected chi connectivity index (χ3v) is 3.30. The maximum Gasteiger partial charge on any atom is 0.256 e. The van der Waals surface area contributed by atoms with E-state index in [0.717, 1.165) is 0 Å². The lowest BCUT2D eigenvalue weighted by Crippen LogP contribution is -2.15. The molecule has 2 amide bonds. The van der Waals surface area contributed by atoms with Crippen molar-refractivity contribution in [2.24, 2.45) is 0 Å². The Morgan fingerprint density at radius 2 is 1.87 bits per heavy atom. The smallest absolute Gasteiger partial charge is 0.256 e. The monoisotopic (exact) mass is 316 g/mol. The standard InChI is InChI=1S/C17H17FN2O3/c1-10-13(5-4-6-15(10)19-11(2)21)17(22)20-12-7-8-14(18)16(9-12)23-3/h4-9H,1-3H3,(H,19,21)(H,20,22). The molecule has 0 saturated heterocycles. The summed E-state index contributed by atoms with van der Waals surface area (Å²) in [6, 6.07) is 9.11. The van der Waals surface area contributed by atoms with E-state index in [1.54, 1.807) is 25.1 Å². The van der Waals surface area contributed by atoms with Crippen LogP contribution in [-0.4, -0.2) is 18.9 Å². The first-order valence-corrected chi connectivity index (χ1v) is 6.94. The molecule has 0 radical (unpaired) electrons. The first-order valence-electron chi connectivity index (χ1n) is 6.94. The highest BCUT2D eigenvalue weighted by Gasteiger charge is 2.13. The van der Waals surface area contributed by atoms with Crippen LogP contribution >= 0.6 is 0 Å². The number of carbonyl (C=O) groups is 2. The number of anilines is 2. The Morgan fingerprint density at radius 3 is 2.52 bits per heavy atom. The molecule has 0 bridgehead atoms. The summed E-state index contributed by atoms with van der Waals surface area (Å²) in [6.45, 7) is 3.14. The molecule has 0 spiro atoms. The molecule has 6 heteroatoms. The van der Waals surface area contributed by atoms with E-state index in [9.17, 15) is 14.0 Å². The molecule has 0 atom stereocenters. The van der Waals surface area contributed by atoms with Crippen LogP contribution in [0, 0.1) is 12.7 Å². The molecule has 0 saturated carbocycles. The number of methoxy groups -OCH3 is 1. The molecule has 0 aliphatic heterocycles. The largest absolute Gasteiger partial charge is 0.494 e. The van der Waals surface area contributed by atoms with Crippen LogP contribution in [0.5, 0.6) is 5.75 Å². The van der Waals surface area contributed by atoms with Gasteiger partial charge in [-0.1, -0.05) is 6.07 Å². The van der Waals surface area contributed by atoms with Gasteiger partial charge < -0.3 is 15.4 Å². The molecule has 0 aliphatic rings. The Kier molecular flexibility index (Phi) is 4.95. The lowest BCUT2D eigenvalue weighted by atomic mass is 10.1. The fraction of sp³-hybridized carbons (Fsp3) is 0.176. The highest BCUT2D eigenvalue weighted by atomic mass is 19.1. The van der Waals surface area contributed by atoms with Crippen molar-refractivity contribution in [3.8, 4) is 5.75 Å². The number of amides is 2. The summed E-state index contributed by atoms with van der Waals surface area (Å²) in [5.41, 5.74) is 2.05. The van der Waals surface area contributed by atoms with Gasteiger partial charge in [0.2, 0.25) is 5.91 Å². The minimum atomic E-state index is -0.505. The summed E-state index contributed by atoms with van der Waals surface area (Å²) in [5, 5.41) is 5.35. The number of rotatable bonds is 4. The fourth-order valence-electron chi connectivity index (χ4n) is 2.14. The van der Waals surface area contributed by atoms with Crippen LogP contribution in [-0.2, 0) is 4.79 Å². The van der Waals surface area contributed by atoms with Gasteiger partial charge in [-0.3, -0.25) is 9.59 Å². The number of carbonyl (C=O) groups excluding carboxylic acids is 2. The van der Waals surface area contributed by atoms with Crippen LogP contribution in [0.15, 0.2) is 36.4 Å². The van der Waals surface area contributed by atoms with Crippen molar-refractivity contribution in [2.75, 3.05) is 17.7 Å². The van der Waals surface area contributed by atoms with Gasteiger partial charge in [0.1, 0.15) is 0 Å². The molecule has 2 rings (SSSR count). The quantitative estimate of drug-likeness (QED) is 0.909. The average Bonchev–Trinajstić information content (AvgIpc) is 2.50. The number of ether oxygens (including phenoxy) is 1. The number of benzene rings is 2. The molecule has 2 N–H and O–H groups in total. The van der Waals surface area contributed by atoms with Gasteiger partial charge in [-0.25, -0.2) is 4.39 Å². The molecule has 0 unspecified atom stereocenters. The molecule has 2 aromatic rings. The molecule has 5 nitrogen and oxygen atoms in total. The summed E-state index contributed by atoms with van der Waals surface area (Å²) in [6.07, 6.45) is 0. The molecule has 23 heavy (non-hydrogen) atoms. The molecule has 0 aromatic heterocycles. The molecule has 2 aromatic carbocycles. The van der Waals surface area contributed by atoms with Crippen molar-refractivity contribution in [3.63, 3.8) is 0 Å². The van der Waals surface area contributed by atoms with Gasteiger partial charge in [-0.15, -0.1) is 0 Å². The first kappa shape index (κ1) is 16.5. The van der Waals surface area contributed by atoms with E-state index in [-0.39, 0.29) is 17.6 Å². The van der Waals surface area contributed by atoms with Gasteiger partial charge in [0, 0.05) is 29.9 Å². The van der Waals surface area contributed by atoms with Crippen molar-refractivity contribution < 1.29 is 18.7 Å². The zero-order chi connectivity index (χ0) is 17.0. The highest BCUT2D eigenvalue weighted by Crippen LogP contribution is 2.24. The zero-order valence-electron chi connectivity index (χ0n) is 13.1. The first-order chi connectivity index (χ1) is 10.9. The van der Waals surface area contributed by atoms with Gasteiger partial charge in [0.15, 0.2) is 11.6 Å². The second-order valence-corrected chi connectivity index (χ2v) is 4.96. The van der Waals surface area contributed by atoms with Crippen LogP contribution in [0.2, 0.25) is 0 Å². The lowest BCUT2D eigenvalue weighted by Gasteiger charge is -2.12. The van der Waals surface area contributed by atoms with Crippen molar-refractivity contribution in [1.29, 1.82) is 0 Å². The summed E-state index contributed by atoms with van der Waals surface area (Å²) in [5.74, 6) is -1.03. The van der Waals surface area contributed by atoms with E-state index in [0.29, 0.717) is 22.5 Å². The zero-order valence-corrected chi connectivity index (χ0v) is 13.1. The average molecular weight is 316 g/mol. The van der Waals surface area contributed by atoms with Gasteiger partial charge in [0.25, 0.3) is 5.91 Å². The Morgan fingerprint density at radius 1 is 1.13 bits per heavy atom. The van der Waals surface area contributed by atoms with E-state index in [2.05, 4.69) is 10.6 Å². The van der Waals surface area contributed by atoms with Crippen LogP contribution in [0.1, 0.15) is 22.8 Å². The minimum absolute atomic E-state index is 0.0477. The van der Waals surface area contributed by atoms with Gasteiger partial charge in [0.05, 0.1) is 7.11 Å². The number of hydrogen-bond acceptors (Lipinski definition) is 3. The van der Waals surface area contributed by atoms with E-state index in [4.69, 9.17) is 4.74 Å². The second kappa shape index (κ2) is 6.91.